The third kappa shape index (κ3) is 4.01. The molecule has 1 aliphatic heterocycles. The maximum absolute atomic E-state index is 12.4. The number of hydrogen-bond acceptors (Lipinski definition) is 3. The van der Waals surface area contributed by atoms with Crippen LogP contribution < -0.4 is 9.64 Å². The highest BCUT2D eigenvalue weighted by molar-refractivity contribution is 6.30. The maximum atomic E-state index is 12.4. The van der Waals surface area contributed by atoms with Gasteiger partial charge in [0.05, 0.1) is 0 Å². The van der Waals surface area contributed by atoms with Crippen LogP contribution in [0.25, 0.3) is 0 Å². The van der Waals surface area contributed by atoms with Crippen molar-refractivity contribution in [3.05, 3.63) is 59.6 Å². The van der Waals surface area contributed by atoms with Crippen LogP contribution in [0.15, 0.2) is 54.6 Å². The molecule has 0 bridgehead atoms. The molecule has 1 unspecified atom stereocenters. The van der Waals surface area contributed by atoms with E-state index in [0.29, 0.717) is 23.9 Å². The van der Waals surface area contributed by atoms with E-state index in [4.69, 9.17) is 16.3 Å². The lowest BCUT2D eigenvalue weighted by Gasteiger charge is -2.41. The SMILES string of the molecule is CC1CN(C(=O)COc2ccc(Cl)cc2)CCN1c1ccccc1. The molecule has 0 spiro atoms. The van der Waals surface area contributed by atoms with Crippen molar-refractivity contribution in [2.24, 2.45) is 0 Å². The van der Waals surface area contributed by atoms with Gasteiger partial charge in [-0.05, 0) is 43.3 Å². The summed E-state index contributed by atoms with van der Waals surface area (Å²) in [5.74, 6) is 0.674. The molecular formula is C19H21ClN2O2. The Kier molecular flexibility index (Phi) is 5.26. The van der Waals surface area contributed by atoms with E-state index in [-0.39, 0.29) is 18.6 Å². The van der Waals surface area contributed by atoms with Crippen LogP contribution in [-0.4, -0.2) is 43.1 Å². The van der Waals surface area contributed by atoms with E-state index < -0.39 is 0 Å². The molecule has 2 aromatic carbocycles. The minimum absolute atomic E-state index is 0.0181. The minimum atomic E-state index is 0.0181. The lowest BCUT2D eigenvalue weighted by Crippen LogP contribution is -2.54. The lowest BCUT2D eigenvalue weighted by atomic mass is 10.1. The van der Waals surface area contributed by atoms with Gasteiger partial charge in [-0.3, -0.25) is 4.79 Å². The van der Waals surface area contributed by atoms with Crippen LogP contribution in [-0.2, 0) is 4.79 Å². The predicted octanol–water partition coefficient (Wildman–Crippen LogP) is 3.46. The zero-order valence-electron chi connectivity index (χ0n) is 13.7. The molecule has 1 atom stereocenters. The number of para-hydroxylation sites is 1. The lowest BCUT2D eigenvalue weighted by molar-refractivity contribution is -0.134. The third-order valence-corrected chi connectivity index (χ3v) is 4.50. The molecule has 2 aromatic rings. The zero-order valence-corrected chi connectivity index (χ0v) is 14.4. The number of ether oxygens (including phenoxy) is 1. The summed E-state index contributed by atoms with van der Waals surface area (Å²) >= 11 is 5.84. The van der Waals surface area contributed by atoms with Crippen molar-refractivity contribution in [2.45, 2.75) is 13.0 Å². The number of nitrogens with zero attached hydrogens (tertiary/aromatic N) is 2. The van der Waals surface area contributed by atoms with Gasteiger partial charge in [0.25, 0.3) is 5.91 Å². The average molecular weight is 345 g/mol. The van der Waals surface area contributed by atoms with Gasteiger partial charge in [-0.25, -0.2) is 0 Å². The van der Waals surface area contributed by atoms with E-state index >= 15 is 0 Å². The first-order valence-electron chi connectivity index (χ1n) is 8.11. The van der Waals surface area contributed by atoms with E-state index in [1.807, 2.05) is 23.1 Å². The monoisotopic (exact) mass is 344 g/mol. The number of carbonyl (C=O) groups is 1. The molecule has 4 nitrogen and oxygen atoms in total. The van der Waals surface area contributed by atoms with E-state index in [2.05, 4.69) is 24.0 Å². The number of benzene rings is 2. The van der Waals surface area contributed by atoms with E-state index in [1.165, 1.54) is 5.69 Å². The number of anilines is 1. The Bertz CT molecular complexity index is 676. The van der Waals surface area contributed by atoms with Crippen LogP contribution in [0.5, 0.6) is 5.75 Å². The summed E-state index contributed by atoms with van der Waals surface area (Å²) in [7, 11) is 0. The van der Waals surface area contributed by atoms with Gasteiger partial charge in [0.2, 0.25) is 0 Å². The summed E-state index contributed by atoms with van der Waals surface area (Å²) in [6.45, 7) is 4.45. The van der Waals surface area contributed by atoms with Crippen LogP contribution in [0, 0.1) is 0 Å². The molecule has 1 aliphatic rings. The number of rotatable bonds is 4. The minimum Gasteiger partial charge on any atom is -0.484 e. The highest BCUT2D eigenvalue weighted by Crippen LogP contribution is 2.20. The van der Waals surface area contributed by atoms with Gasteiger partial charge in [-0.1, -0.05) is 29.8 Å². The molecular weight excluding hydrogens is 324 g/mol. The first-order valence-corrected chi connectivity index (χ1v) is 8.49. The summed E-state index contributed by atoms with van der Waals surface area (Å²) in [4.78, 5) is 16.6. The van der Waals surface area contributed by atoms with Crippen molar-refractivity contribution in [3.63, 3.8) is 0 Å². The predicted molar refractivity (Wildman–Crippen MR) is 96.8 cm³/mol. The Morgan fingerprint density at radius 1 is 1.12 bits per heavy atom. The van der Waals surface area contributed by atoms with Crippen molar-refractivity contribution >= 4 is 23.2 Å². The van der Waals surface area contributed by atoms with Crippen molar-refractivity contribution in [3.8, 4) is 5.75 Å². The summed E-state index contributed by atoms with van der Waals surface area (Å²) in [6, 6.07) is 17.6. The molecule has 0 aliphatic carbocycles. The summed E-state index contributed by atoms with van der Waals surface area (Å²) < 4.78 is 5.56. The van der Waals surface area contributed by atoms with Crippen LogP contribution in [0.3, 0.4) is 0 Å². The third-order valence-electron chi connectivity index (χ3n) is 4.24. The number of hydrogen-bond donors (Lipinski definition) is 0. The molecule has 3 rings (SSSR count). The summed E-state index contributed by atoms with van der Waals surface area (Å²) in [5.41, 5.74) is 1.20. The summed E-state index contributed by atoms with van der Waals surface area (Å²) in [5, 5.41) is 0.652. The van der Waals surface area contributed by atoms with Gasteiger partial charge in [-0.2, -0.15) is 0 Å². The largest absolute Gasteiger partial charge is 0.484 e. The second-order valence-corrected chi connectivity index (χ2v) is 6.40. The van der Waals surface area contributed by atoms with Gasteiger partial charge in [0, 0.05) is 36.4 Å². The van der Waals surface area contributed by atoms with Crippen molar-refractivity contribution in [1.82, 2.24) is 4.90 Å². The van der Waals surface area contributed by atoms with Crippen molar-refractivity contribution in [1.29, 1.82) is 0 Å². The van der Waals surface area contributed by atoms with E-state index in [0.717, 1.165) is 6.54 Å². The Morgan fingerprint density at radius 3 is 2.50 bits per heavy atom. The molecule has 1 heterocycles. The standard InChI is InChI=1S/C19H21ClN2O2/c1-15-13-21(11-12-22(15)17-5-3-2-4-6-17)19(23)14-24-18-9-7-16(20)8-10-18/h2-10,15H,11-14H2,1H3. The quantitative estimate of drug-likeness (QED) is 0.851. The number of piperazine rings is 1. The maximum Gasteiger partial charge on any atom is 0.260 e. The van der Waals surface area contributed by atoms with Gasteiger partial charge >= 0.3 is 0 Å². The highest BCUT2D eigenvalue weighted by atomic mass is 35.5. The molecule has 1 fully saturated rings. The topological polar surface area (TPSA) is 32.8 Å². The molecule has 0 N–H and O–H groups in total. The molecule has 126 valence electrons. The molecule has 24 heavy (non-hydrogen) atoms. The van der Waals surface area contributed by atoms with Gasteiger partial charge < -0.3 is 14.5 Å². The molecule has 5 heteroatoms. The van der Waals surface area contributed by atoms with Crippen LogP contribution in [0.4, 0.5) is 5.69 Å². The number of carbonyl (C=O) groups excluding carboxylic acids is 1. The molecule has 0 aromatic heterocycles. The van der Waals surface area contributed by atoms with E-state index in [1.54, 1.807) is 24.3 Å². The van der Waals surface area contributed by atoms with Crippen LogP contribution in [0.1, 0.15) is 6.92 Å². The van der Waals surface area contributed by atoms with Crippen molar-refractivity contribution in [2.75, 3.05) is 31.1 Å². The number of halogens is 1. The smallest absolute Gasteiger partial charge is 0.260 e. The zero-order chi connectivity index (χ0) is 16.9. The molecule has 0 radical (unpaired) electrons. The molecule has 1 saturated heterocycles. The second kappa shape index (κ2) is 7.58. The molecule has 0 saturated carbocycles. The summed E-state index contributed by atoms with van der Waals surface area (Å²) in [6.07, 6.45) is 0. The fraction of sp³-hybridized carbons (Fsp3) is 0.316. The average Bonchev–Trinajstić information content (AvgIpc) is 2.61. The van der Waals surface area contributed by atoms with Gasteiger partial charge in [0.1, 0.15) is 5.75 Å². The highest BCUT2D eigenvalue weighted by Gasteiger charge is 2.26. The Labute approximate surface area is 147 Å². The first-order chi connectivity index (χ1) is 11.6. The van der Waals surface area contributed by atoms with Gasteiger partial charge in [-0.15, -0.1) is 0 Å². The Hall–Kier alpha value is -2.20. The van der Waals surface area contributed by atoms with Crippen molar-refractivity contribution < 1.29 is 9.53 Å². The van der Waals surface area contributed by atoms with Crippen LogP contribution in [0.2, 0.25) is 5.02 Å². The normalized spacial score (nSPS) is 17.7. The second-order valence-electron chi connectivity index (χ2n) is 5.96. The Morgan fingerprint density at radius 2 is 1.83 bits per heavy atom. The fourth-order valence-corrected chi connectivity index (χ4v) is 3.08. The fourth-order valence-electron chi connectivity index (χ4n) is 2.95. The van der Waals surface area contributed by atoms with E-state index in [9.17, 15) is 4.79 Å². The first kappa shape index (κ1) is 16.7. The number of amides is 1. The molecule has 1 amide bonds. The van der Waals surface area contributed by atoms with Gasteiger partial charge in [0.15, 0.2) is 6.61 Å². The Balaban J connectivity index is 1.53. The van der Waals surface area contributed by atoms with Crippen LogP contribution >= 0.6 is 11.6 Å².